The number of rotatable bonds is 6. The fraction of sp³-hybridized carbons (Fsp3) is 0.438. The van der Waals surface area contributed by atoms with E-state index in [1.54, 1.807) is 30.5 Å². The number of carboxylic acids is 1. The minimum absolute atomic E-state index is 0.0233. The largest absolute Gasteiger partial charge is 0.546 e. The molecule has 2 rings (SSSR count). The molecule has 1 aliphatic carbocycles. The Morgan fingerprint density at radius 2 is 1.91 bits per heavy atom. The van der Waals surface area contributed by atoms with Crippen molar-refractivity contribution in [2.24, 2.45) is 11.0 Å². The molecule has 6 nitrogen and oxygen atoms in total. The first-order valence-electron chi connectivity index (χ1n) is 7.41. The van der Waals surface area contributed by atoms with Crippen molar-refractivity contribution in [3.8, 4) is 5.75 Å². The van der Waals surface area contributed by atoms with E-state index in [0.29, 0.717) is 5.75 Å². The minimum Gasteiger partial charge on any atom is -0.546 e. The Kier molecular flexibility index (Phi) is 5.94. The molecule has 6 heteroatoms. The van der Waals surface area contributed by atoms with E-state index in [9.17, 15) is 14.7 Å². The van der Waals surface area contributed by atoms with Gasteiger partial charge in [-0.1, -0.05) is 19.3 Å². The predicted molar refractivity (Wildman–Crippen MR) is 79.3 cm³/mol. The average molecular weight is 303 g/mol. The van der Waals surface area contributed by atoms with Crippen LogP contribution < -0.4 is 15.3 Å². The van der Waals surface area contributed by atoms with Gasteiger partial charge in [0.05, 0.1) is 12.2 Å². The van der Waals surface area contributed by atoms with Gasteiger partial charge in [-0.05, 0) is 42.7 Å². The van der Waals surface area contributed by atoms with Crippen LogP contribution in [0.15, 0.2) is 29.4 Å². The summed E-state index contributed by atoms with van der Waals surface area (Å²) in [6, 6.07) is 6.71. The lowest BCUT2D eigenvalue weighted by Crippen LogP contribution is -2.28. The van der Waals surface area contributed by atoms with E-state index >= 15 is 0 Å². The Balaban J connectivity index is 1.79. The van der Waals surface area contributed by atoms with Gasteiger partial charge in [0.25, 0.3) is 0 Å². The molecule has 0 unspecified atom stereocenters. The first-order valence-corrected chi connectivity index (χ1v) is 7.41. The lowest BCUT2D eigenvalue weighted by molar-refractivity contribution is -0.307. The van der Waals surface area contributed by atoms with Crippen molar-refractivity contribution in [3.63, 3.8) is 0 Å². The summed E-state index contributed by atoms with van der Waals surface area (Å²) < 4.78 is 4.97. The number of carboxylic acid groups (broad SMARTS) is 1. The number of hydrazone groups is 1. The number of carbonyl (C=O) groups is 2. The summed E-state index contributed by atoms with van der Waals surface area (Å²) >= 11 is 0. The summed E-state index contributed by atoms with van der Waals surface area (Å²) in [6.07, 6.45) is 6.84. The van der Waals surface area contributed by atoms with Gasteiger partial charge in [-0.2, -0.15) is 5.10 Å². The quantitative estimate of drug-likeness (QED) is 0.623. The van der Waals surface area contributed by atoms with Crippen molar-refractivity contribution < 1.29 is 19.4 Å². The highest BCUT2D eigenvalue weighted by Crippen LogP contribution is 2.23. The standard InChI is InChI=1S/C16H20N2O4/c19-15(20)11-22-14-8-6-12(7-9-14)10-17-18-16(21)13-4-2-1-3-5-13/h6-10,13H,1-5,11H2,(H,18,21)(H,19,20)/p-1/b17-10-. The van der Waals surface area contributed by atoms with E-state index in [1.807, 2.05) is 0 Å². The van der Waals surface area contributed by atoms with Crippen LogP contribution in [-0.4, -0.2) is 24.7 Å². The Morgan fingerprint density at radius 3 is 2.55 bits per heavy atom. The fourth-order valence-electron chi connectivity index (χ4n) is 2.42. The predicted octanol–water partition coefficient (Wildman–Crippen LogP) is 0.846. The van der Waals surface area contributed by atoms with Gasteiger partial charge in [-0.3, -0.25) is 4.79 Å². The van der Waals surface area contributed by atoms with Gasteiger partial charge < -0.3 is 14.6 Å². The highest BCUT2D eigenvalue weighted by molar-refractivity contribution is 5.83. The molecule has 0 atom stereocenters. The topological polar surface area (TPSA) is 90.8 Å². The Morgan fingerprint density at radius 1 is 1.23 bits per heavy atom. The summed E-state index contributed by atoms with van der Waals surface area (Å²) in [5.41, 5.74) is 3.35. The molecule has 0 saturated heterocycles. The van der Waals surface area contributed by atoms with Crippen molar-refractivity contribution in [1.29, 1.82) is 0 Å². The summed E-state index contributed by atoms with van der Waals surface area (Å²) in [5.74, 6) is -0.778. The molecule has 1 aromatic rings. The van der Waals surface area contributed by atoms with Crippen LogP contribution in [0.4, 0.5) is 0 Å². The van der Waals surface area contributed by atoms with E-state index in [4.69, 9.17) is 4.74 Å². The molecule has 1 fully saturated rings. The molecule has 22 heavy (non-hydrogen) atoms. The maximum Gasteiger partial charge on any atom is 0.243 e. The van der Waals surface area contributed by atoms with Crippen LogP contribution >= 0.6 is 0 Å². The normalized spacial score (nSPS) is 15.6. The second-order valence-electron chi connectivity index (χ2n) is 5.30. The van der Waals surface area contributed by atoms with E-state index < -0.39 is 12.6 Å². The van der Waals surface area contributed by atoms with Gasteiger partial charge >= 0.3 is 0 Å². The van der Waals surface area contributed by atoms with Gasteiger partial charge in [-0.15, -0.1) is 0 Å². The van der Waals surface area contributed by atoms with Gasteiger partial charge in [-0.25, -0.2) is 5.43 Å². The van der Waals surface area contributed by atoms with Crippen LogP contribution in [0.2, 0.25) is 0 Å². The number of amides is 1. The fourth-order valence-corrected chi connectivity index (χ4v) is 2.42. The Bertz CT molecular complexity index is 534. The Hall–Kier alpha value is -2.37. The molecule has 1 amide bonds. The van der Waals surface area contributed by atoms with Gasteiger partial charge in [0.15, 0.2) is 0 Å². The first-order chi connectivity index (χ1) is 10.6. The zero-order valence-corrected chi connectivity index (χ0v) is 12.3. The second kappa shape index (κ2) is 8.17. The summed E-state index contributed by atoms with van der Waals surface area (Å²) in [4.78, 5) is 22.2. The third kappa shape index (κ3) is 5.20. The second-order valence-corrected chi connectivity index (χ2v) is 5.30. The minimum atomic E-state index is -1.27. The molecule has 0 radical (unpaired) electrons. The third-order valence-corrected chi connectivity index (χ3v) is 3.60. The van der Waals surface area contributed by atoms with Crippen LogP contribution in [-0.2, 0) is 9.59 Å². The number of aliphatic carboxylic acids is 1. The van der Waals surface area contributed by atoms with Crippen molar-refractivity contribution in [2.45, 2.75) is 32.1 Å². The van der Waals surface area contributed by atoms with E-state index in [1.165, 1.54) is 6.42 Å². The Labute approximate surface area is 129 Å². The number of benzene rings is 1. The van der Waals surface area contributed by atoms with Crippen LogP contribution in [0.3, 0.4) is 0 Å². The van der Waals surface area contributed by atoms with E-state index in [-0.39, 0.29) is 11.8 Å². The smallest absolute Gasteiger partial charge is 0.243 e. The number of carbonyl (C=O) groups excluding carboxylic acids is 2. The summed E-state index contributed by atoms with van der Waals surface area (Å²) in [6.45, 7) is -0.481. The van der Waals surface area contributed by atoms with Crippen molar-refractivity contribution in [3.05, 3.63) is 29.8 Å². The molecule has 0 aromatic heterocycles. The maximum atomic E-state index is 11.9. The number of hydrogen-bond acceptors (Lipinski definition) is 5. The highest BCUT2D eigenvalue weighted by Gasteiger charge is 2.20. The number of ether oxygens (including phenoxy) is 1. The first kappa shape index (κ1) is 16.0. The van der Waals surface area contributed by atoms with Crippen LogP contribution in [0.1, 0.15) is 37.7 Å². The average Bonchev–Trinajstić information content (AvgIpc) is 2.55. The van der Waals surface area contributed by atoms with Crippen LogP contribution in [0.25, 0.3) is 0 Å². The molecule has 0 spiro atoms. The summed E-state index contributed by atoms with van der Waals surface area (Å²) in [7, 11) is 0. The number of hydrogen-bond donors (Lipinski definition) is 1. The maximum absolute atomic E-state index is 11.9. The number of nitrogens with one attached hydrogen (secondary N) is 1. The summed E-state index contributed by atoms with van der Waals surface area (Å²) in [5, 5.41) is 14.2. The molecule has 118 valence electrons. The zero-order chi connectivity index (χ0) is 15.8. The molecule has 0 aliphatic heterocycles. The van der Waals surface area contributed by atoms with E-state index in [2.05, 4.69) is 10.5 Å². The number of nitrogens with zero attached hydrogens (tertiary/aromatic N) is 1. The monoisotopic (exact) mass is 303 g/mol. The van der Waals surface area contributed by atoms with E-state index in [0.717, 1.165) is 31.2 Å². The molecule has 1 N–H and O–H groups in total. The highest BCUT2D eigenvalue weighted by atomic mass is 16.5. The molecule has 0 bridgehead atoms. The zero-order valence-electron chi connectivity index (χ0n) is 12.3. The lowest BCUT2D eigenvalue weighted by atomic mass is 9.89. The third-order valence-electron chi connectivity index (χ3n) is 3.60. The van der Waals surface area contributed by atoms with Gasteiger partial charge in [0.1, 0.15) is 12.4 Å². The van der Waals surface area contributed by atoms with Gasteiger partial charge in [0, 0.05) is 5.92 Å². The van der Waals surface area contributed by atoms with Crippen LogP contribution in [0, 0.1) is 5.92 Å². The lowest BCUT2D eigenvalue weighted by Gasteiger charge is -2.19. The van der Waals surface area contributed by atoms with Crippen molar-refractivity contribution >= 4 is 18.1 Å². The molecule has 0 heterocycles. The molecular weight excluding hydrogens is 284 g/mol. The molecule has 1 saturated carbocycles. The SMILES string of the molecule is O=C([O-])COc1ccc(/C=N\NC(=O)C2CCCCC2)cc1. The molecule has 1 aromatic carbocycles. The molecule has 1 aliphatic rings. The van der Waals surface area contributed by atoms with Gasteiger partial charge in [0.2, 0.25) is 5.91 Å². The van der Waals surface area contributed by atoms with Crippen molar-refractivity contribution in [2.75, 3.05) is 6.61 Å². The van der Waals surface area contributed by atoms with Crippen molar-refractivity contribution in [1.82, 2.24) is 5.43 Å². The van der Waals surface area contributed by atoms with Crippen LogP contribution in [0.5, 0.6) is 5.75 Å². The molecular formula is C16H19N2O4-.